The molecule has 0 aliphatic heterocycles. The van der Waals surface area contributed by atoms with Crippen molar-refractivity contribution < 1.29 is 37.0 Å². The number of aryl methyl sites for hydroxylation is 2. The van der Waals surface area contributed by atoms with E-state index < -0.39 is 57.6 Å². The second-order valence-corrected chi connectivity index (χ2v) is 16.5. The maximum absolute atomic E-state index is 16.0. The number of amides is 2. The van der Waals surface area contributed by atoms with E-state index in [4.69, 9.17) is 9.47 Å². The summed E-state index contributed by atoms with van der Waals surface area (Å²) in [5.41, 5.74) is 0.472. The second kappa shape index (κ2) is 14.2. The van der Waals surface area contributed by atoms with Crippen LogP contribution < -0.4 is 16.3 Å². The fourth-order valence-electron chi connectivity index (χ4n) is 7.30. The first-order valence-electron chi connectivity index (χ1n) is 17.7. The maximum Gasteiger partial charge on any atom is 0.407 e. The van der Waals surface area contributed by atoms with E-state index in [-0.39, 0.29) is 57.7 Å². The zero-order valence-electron chi connectivity index (χ0n) is 31.5. The summed E-state index contributed by atoms with van der Waals surface area (Å²) < 4.78 is 60.9. The van der Waals surface area contributed by atoms with Crippen LogP contribution >= 0.6 is 0 Å². The Labute approximate surface area is 320 Å². The van der Waals surface area contributed by atoms with E-state index in [0.717, 1.165) is 3.97 Å². The molecule has 1 aliphatic carbocycles. The summed E-state index contributed by atoms with van der Waals surface area (Å²) in [6, 6.07) is 13.1. The topological polar surface area (TPSA) is 194 Å². The largest absolute Gasteiger partial charge is 0.453 e. The molecule has 18 heteroatoms. The quantitative estimate of drug-likeness (QED) is 0.197. The third kappa shape index (κ3) is 6.78. The van der Waals surface area contributed by atoms with Gasteiger partial charge >= 0.3 is 17.9 Å². The number of aromatic nitrogens is 6. The lowest BCUT2D eigenvalue weighted by Gasteiger charge is -2.19. The van der Waals surface area contributed by atoms with E-state index in [1.54, 1.807) is 70.3 Å². The van der Waals surface area contributed by atoms with Crippen molar-refractivity contribution >= 4 is 44.3 Å². The van der Waals surface area contributed by atoms with Gasteiger partial charge in [-0.05, 0) is 56.9 Å². The minimum Gasteiger partial charge on any atom is -0.453 e. The number of benzene rings is 2. The number of carbonyl (C=O) groups is 2. The lowest BCUT2D eigenvalue weighted by Crippen LogP contribution is -2.39. The Bertz CT molecular complexity index is 2660. The Balaban J connectivity index is 1.54. The zero-order valence-corrected chi connectivity index (χ0v) is 32.3. The van der Waals surface area contributed by atoms with Crippen LogP contribution in [0.3, 0.4) is 0 Å². The highest BCUT2D eigenvalue weighted by Crippen LogP contribution is 2.46. The van der Waals surface area contributed by atoms with E-state index in [1.807, 2.05) is 0 Å². The number of rotatable bonds is 8. The van der Waals surface area contributed by atoms with Crippen LogP contribution in [0.4, 0.5) is 14.0 Å². The van der Waals surface area contributed by atoms with E-state index in [1.165, 1.54) is 52.5 Å². The molecule has 0 spiro atoms. The van der Waals surface area contributed by atoms with Crippen LogP contribution in [0, 0.1) is 5.95 Å². The van der Waals surface area contributed by atoms with Crippen LogP contribution in [0.2, 0.25) is 0 Å². The van der Waals surface area contributed by atoms with Gasteiger partial charge in [0.05, 0.1) is 58.0 Å². The predicted molar refractivity (Wildman–Crippen MR) is 204 cm³/mol. The fraction of sp³-hybridized carbons (Fsp3) is 0.342. The normalized spacial score (nSPS) is 17.4. The van der Waals surface area contributed by atoms with Crippen molar-refractivity contribution in [1.29, 1.82) is 0 Å². The standard InChI is InChI=1S/C38H41FN8O8S/c1-38(2,3)55-35(49)41-18-21-12-14-22(15-13-21)29-30-32-27(45(5)37(51)46(32)23-16-26(28(48)17-23)42-36(50)54-6)19-40-34(30)47(31(29)25-20-44(4)43-33(25)39)56(52,53)24-10-8-7-9-11-24/h7-15,19-20,23,26,28,48H,16-18H2,1-6H3,(H,41,49)(H,42,50)/t23-,26-,28+/m0/s1. The van der Waals surface area contributed by atoms with Crippen molar-refractivity contribution in [1.82, 2.24) is 38.5 Å². The molecule has 1 aliphatic rings. The number of halogens is 1. The van der Waals surface area contributed by atoms with Gasteiger partial charge in [0.15, 0.2) is 5.65 Å². The molecule has 7 rings (SSSR count). The van der Waals surface area contributed by atoms with Crippen LogP contribution in [0.25, 0.3) is 44.5 Å². The number of carbonyl (C=O) groups excluding carboxylic acids is 2. The summed E-state index contributed by atoms with van der Waals surface area (Å²) in [6.45, 7) is 5.37. The average Bonchev–Trinajstić information content (AvgIpc) is 3.87. The Morgan fingerprint density at radius 3 is 2.36 bits per heavy atom. The highest BCUT2D eigenvalue weighted by atomic mass is 32.2. The highest BCUT2D eigenvalue weighted by Gasteiger charge is 2.39. The second-order valence-electron chi connectivity index (χ2n) is 14.7. The maximum atomic E-state index is 16.0. The zero-order chi connectivity index (χ0) is 40.3. The van der Waals surface area contributed by atoms with Crippen LogP contribution in [-0.2, 0) is 40.1 Å². The molecule has 1 saturated carbocycles. The van der Waals surface area contributed by atoms with Gasteiger partial charge in [-0.1, -0.05) is 42.5 Å². The predicted octanol–water partition coefficient (Wildman–Crippen LogP) is 4.58. The lowest BCUT2D eigenvalue weighted by atomic mass is 9.98. The number of imidazole rings is 1. The summed E-state index contributed by atoms with van der Waals surface area (Å²) in [6.07, 6.45) is 0.574. The number of pyridine rings is 1. The van der Waals surface area contributed by atoms with Crippen molar-refractivity contribution in [3.05, 3.63) is 89.0 Å². The van der Waals surface area contributed by atoms with Crippen molar-refractivity contribution in [3.8, 4) is 22.4 Å². The number of hydrogen-bond acceptors (Lipinski definition) is 10. The smallest absolute Gasteiger partial charge is 0.407 e. The summed E-state index contributed by atoms with van der Waals surface area (Å²) in [7, 11) is -0.263. The van der Waals surface area contributed by atoms with Crippen LogP contribution in [0.1, 0.15) is 45.2 Å². The molecular weight excluding hydrogens is 748 g/mol. The molecule has 0 bridgehead atoms. The molecule has 4 aromatic heterocycles. The molecule has 1 fully saturated rings. The lowest BCUT2D eigenvalue weighted by molar-refractivity contribution is 0.0523. The Morgan fingerprint density at radius 2 is 1.73 bits per heavy atom. The van der Waals surface area contributed by atoms with Crippen molar-refractivity contribution in [3.63, 3.8) is 0 Å². The van der Waals surface area contributed by atoms with Crippen molar-refractivity contribution in [2.45, 2.75) is 68.8 Å². The molecule has 294 valence electrons. The number of ether oxygens (including phenoxy) is 2. The van der Waals surface area contributed by atoms with Gasteiger partial charge < -0.3 is 25.2 Å². The third-order valence-electron chi connectivity index (χ3n) is 9.75. The number of nitrogens with zero attached hydrogens (tertiary/aromatic N) is 6. The first kappa shape index (κ1) is 38.3. The van der Waals surface area contributed by atoms with E-state index in [0.29, 0.717) is 16.6 Å². The SMILES string of the molecule is COC(=O)N[C@H]1C[C@H](n2c(=O)n(C)c3cnc4c(c(-c5ccc(CNC(=O)OC(C)(C)C)cc5)c(-c5cn(C)nc5F)n4S(=O)(=O)c4ccccc4)c32)C[C@H]1O. The van der Waals surface area contributed by atoms with Crippen LogP contribution in [0.15, 0.2) is 76.7 Å². The minimum atomic E-state index is -4.52. The highest BCUT2D eigenvalue weighted by molar-refractivity contribution is 7.90. The van der Waals surface area contributed by atoms with Gasteiger partial charge in [0.25, 0.3) is 10.0 Å². The number of nitrogens with one attached hydrogen (secondary N) is 2. The first-order chi connectivity index (χ1) is 26.5. The molecule has 56 heavy (non-hydrogen) atoms. The minimum absolute atomic E-state index is 0.0687. The van der Waals surface area contributed by atoms with E-state index >= 15 is 4.39 Å². The average molecular weight is 789 g/mol. The summed E-state index contributed by atoms with van der Waals surface area (Å²) >= 11 is 0. The molecule has 0 unspecified atom stereocenters. The monoisotopic (exact) mass is 788 g/mol. The number of fused-ring (bicyclic) bond motifs is 3. The third-order valence-corrected chi connectivity index (χ3v) is 11.5. The summed E-state index contributed by atoms with van der Waals surface area (Å²) in [5.74, 6) is -0.948. The molecule has 3 N–H and O–H groups in total. The molecular formula is C38H41FN8O8S. The molecule has 6 aromatic rings. The molecule has 3 atom stereocenters. The Morgan fingerprint density at radius 1 is 1.04 bits per heavy atom. The van der Waals surface area contributed by atoms with Crippen molar-refractivity contribution in [2.75, 3.05) is 7.11 Å². The van der Waals surface area contributed by atoms with Gasteiger partial charge in [0.2, 0.25) is 5.95 Å². The molecule has 2 aromatic carbocycles. The fourth-order valence-corrected chi connectivity index (χ4v) is 8.81. The number of hydrogen-bond donors (Lipinski definition) is 3. The molecule has 4 heterocycles. The molecule has 0 radical (unpaired) electrons. The first-order valence-corrected chi connectivity index (χ1v) is 19.2. The Hall–Kier alpha value is -6.01. The van der Waals surface area contributed by atoms with Gasteiger partial charge in [-0.15, -0.1) is 5.10 Å². The number of aliphatic hydroxyl groups excluding tert-OH is 1. The van der Waals surface area contributed by atoms with Crippen LogP contribution in [-0.4, -0.2) is 78.4 Å². The van der Waals surface area contributed by atoms with Gasteiger partial charge in [-0.3, -0.25) is 13.8 Å². The van der Waals surface area contributed by atoms with E-state index in [2.05, 4.69) is 20.7 Å². The molecule has 0 saturated heterocycles. The van der Waals surface area contributed by atoms with E-state index in [9.17, 15) is 27.9 Å². The van der Waals surface area contributed by atoms with Gasteiger partial charge in [0, 0.05) is 38.4 Å². The van der Waals surface area contributed by atoms with Gasteiger partial charge in [-0.25, -0.2) is 31.8 Å². The number of alkyl carbamates (subject to hydrolysis) is 2. The van der Waals surface area contributed by atoms with Crippen molar-refractivity contribution in [2.24, 2.45) is 14.1 Å². The number of aliphatic hydroxyl groups is 1. The molecule has 16 nitrogen and oxygen atoms in total. The summed E-state index contributed by atoms with van der Waals surface area (Å²) in [4.78, 5) is 43.3. The van der Waals surface area contributed by atoms with Gasteiger partial charge in [0.1, 0.15) is 5.60 Å². The Kier molecular flexibility index (Phi) is 9.74. The summed E-state index contributed by atoms with van der Waals surface area (Å²) in [5, 5.41) is 20.5. The van der Waals surface area contributed by atoms with Gasteiger partial charge in [-0.2, -0.15) is 4.39 Å². The molecule has 2 amide bonds. The number of methoxy groups -OCH3 is 1. The van der Waals surface area contributed by atoms with Crippen LogP contribution in [0.5, 0.6) is 0 Å².